The summed E-state index contributed by atoms with van der Waals surface area (Å²) < 4.78 is 15.7. The van der Waals surface area contributed by atoms with Gasteiger partial charge < -0.3 is 14.2 Å². The van der Waals surface area contributed by atoms with Gasteiger partial charge in [-0.15, -0.1) is 0 Å². The Kier molecular flexibility index (Phi) is 5.09. The predicted molar refractivity (Wildman–Crippen MR) is 98.3 cm³/mol. The highest BCUT2D eigenvalue weighted by Crippen LogP contribution is 2.33. The average Bonchev–Trinajstić information content (AvgIpc) is 3.01. The van der Waals surface area contributed by atoms with E-state index in [-0.39, 0.29) is 27.9 Å². The number of cyclic esters (lactones) is 1. The second kappa shape index (κ2) is 7.46. The first kappa shape index (κ1) is 18.4. The molecule has 0 aromatic heterocycles. The van der Waals surface area contributed by atoms with Gasteiger partial charge in [0.1, 0.15) is 0 Å². The monoisotopic (exact) mass is 388 g/mol. The zero-order valence-electron chi connectivity index (χ0n) is 14.3. The van der Waals surface area contributed by atoms with E-state index in [1.54, 1.807) is 18.2 Å². The lowest BCUT2D eigenvalue weighted by molar-refractivity contribution is -0.384. The quantitative estimate of drug-likeness (QED) is 0.335. The standard InChI is InChI=1S/C18H13ClN2O6/c1-25-15-5-3-4-10(16(15)26-2)8-14-18(22)27-17(20-14)12-7-6-11(21(23)24)9-13(12)19/h3-9H,1-2H3. The van der Waals surface area contributed by atoms with E-state index in [1.165, 1.54) is 38.5 Å². The fraction of sp³-hybridized carbons (Fsp3) is 0.111. The van der Waals surface area contributed by atoms with Crippen LogP contribution < -0.4 is 9.47 Å². The lowest BCUT2D eigenvalue weighted by Crippen LogP contribution is -2.06. The van der Waals surface area contributed by atoms with Crippen LogP contribution in [-0.4, -0.2) is 31.0 Å². The van der Waals surface area contributed by atoms with Crippen molar-refractivity contribution in [2.45, 2.75) is 0 Å². The minimum absolute atomic E-state index is 0.0333. The van der Waals surface area contributed by atoms with Crippen molar-refractivity contribution >= 4 is 35.2 Å². The molecule has 0 bridgehead atoms. The number of nitro groups is 1. The van der Waals surface area contributed by atoms with Gasteiger partial charge in [-0.3, -0.25) is 10.1 Å². The molecule has 27 heavy (non-hydrogen) atoms. The molecule has 0 unspecified atom stereocenters. The molecule has 9 heteroatoms. The van der Waals surface area contributed by atoms with Gasteiger partial charge in [-0.1, -0.05) is 23.7 Å². The van der Waals surface area contributed by atoms with Crippen LogP contribution in [0.15, 0.2) is 47.1 Å². The Labute approximate surface area is 158 Å². The normalized spacial score (nSPS) is 14.7. The van der Waals surface area contributed by atoms with E-state index < -0.39 is 10.9 Å². The molecule has 138 valence electrons. The third-order valence-electron chi connectivity index (χ3n) is 3.74. The molecule has 2 aromatic rings. The van der Waals surface area contributed by atoms with Crippen LogP contribution in [0.3, 0.4) is 0 Å². The second-order valence-corrected chi connectivity index (χ2v) is 5.75. The maximum absolute atomic E-state index is 12.2. The highest BCUT2D eigenvalue weighted by atomic mass is 35.5. The van der Waals surface area contributed by atoms with Crippen LogP contribution >= 0.6 is 11.6 Å². The molecule has 1 aliphatic rings. The number of methoxy groups -OCH3 is 2. The zero-order valence-corrected chi connectivity index (χ0v) is 15.0. The number of nitro benzene ring substituents is 1. The van der Waals surface area contributed by atoms with Crippen LogP contribution in [0.1, 0.15) is 11.1 Å². The van der Waals surface area contributed by atoms with Gasteiger partial charge >= 0.3 is 5.97 Å². The number of rotatable bonds is 5. The van der Waals surface area contributed by atoms with Gasteiger partial charge in [0, 0.05) is 17.7 Å². The van der Waals surface area contributed by atoms with Crippen LogP contribution in [0.2, 0.25) is 5.02 Å². The lowest BCUT2D eigenvalue weighted by Gasteiger charge is -2.09. The Balaban J connectivity index is 2.00. The van der Waals surface area contributed by atoms with E-state index in [0.717, 1.165) is 0 Å². The van der Waals surface area contributed by atoms with Gasteiger partial charge in [-0.05, 0) is 18.2 Å². The summed E-state index contributed by atoms with van der Waals surface area (Å²) in [4.78, 5) is 26.6. The van der Waals surface area contributed by atoms with Crippen molar-refractivity contribution in [3.63, 3.8) is 0 Å². The number of halogens is 1. The van der Waals surface area contributed by atoms with Gasteiger partial charge in [-0.2, -0.15) is 0 Å². The molecule has 0 fully saturated rings. The largest absolute Gasteiger partial charge is 0.493 e. The van der Waals surface area contributed by atoms with Crippen molar-refractivity contribution in [1.82, 2.24) is 0 Å². The molecule has 1 aliphatic heterocycles. The molecule has 0 amide bonds. The minimum Gasteiger partial charge on any atom is -0.493 e. The van der Waals surface area contributed by atoms with Crippen LogP contribution in [0.25, 0.3) is 6.08 Å². The molecule has 2 aromatic carbocycles. The Bertz CT molecular complexity index is 999. The molecule has 0 saturated carbocycles. The fourth-order valence-electron chi connectivity index (χ4n) is 2.49. The second-order valence-electron chi connectivity index (χ2n) is 5.34. The number of benzene rings is 2. The summed E-state index contributed by atoms with van der Waals surface area (Å²) in [5.74, 6) is 0.232. The number of ether oxygens (including phenoxy) is 3. The van der Waals surface area contributed by atoms with Crippen molar-refractivity contribution < 1.29 is 23.9 Å². The smallest absolute Gasteiger partial charge is 0.363 e. The number of carbonyl (C=O) groups excluding carboxylic acids is 1. The molecule has 0 radical (unpaired) electrons. The Morgan fingerprint density at radius 3 is 2.63 bits per heavy atom. The van der Waals surface area contributed by atoms with E-state index >= 15 is 0 Å². The molecule has 0 aliphatic carbocycles. The molecule has 8 nitrogen and oxygen atoms in total. The lowest BCUT2D eigenvalue weighted by atomic mass is 10.1. The van der Waals surface area contributed by atoms with Gasteiger partial charge in [0.25, 0.3) is 5.69 Å². The number of non-ortho nitro benzene ring substituents is 1. The zero-order chi connectivity index (χ0) is 19.6. The van der Waals surface area contributed by atoms with Crippen molar-refractivity contribution in [2.75, 3.05) is 14.2 Å². The summed E-state index contributed by atoms with van der Waals surface area (Å²) >= 11 is 6.06. The Morgan fingerprint density at radius 2 is 2.00 bits per heavy atom. The number of esters is 1. The number of para-hydroxylation sites is 1. The number of nitrogens with zero attached hydrogens (tertiary/aromatic N) is 2. The maximum Gasteiger partial charge on any atom is 0.363 e. The third kappa shape index (κ3) is 3.61. The summed E-state index contributed by atoms with van der Waals surface area (Å²) in [7, 11) is 2.99. The number of hydrogen-bond donors (Lipinski definition) is 0. The third-order valence-corrected chi connectivity index (χ3v) is 4.05. The van der Waals surface area contributed by atoms with E-state index in [4.69, 9.17) is 25.8 Å². The van der Waals surface area contributed by atoms with Gasteiger partial charge in [0.2, 0.25) is 5.90 Å². The van der Waals surface area contributed by atoms with Gasteiger partial charge in [-0.25, -0.2) is 9.79 Å². The first-order valence-electron chi connectivity index (χ1n) is 7.62. The Hall–Kier alpha value is -3.39. The first-order valence-corrected chi connectivity index (χ1v) is 8.00. The van der Waals surface area contributed by atoms with Crippen LogP contribution in [0, 0.1) is 10.1 Å². The van der Waals surface area contributed by atoms with Crippen molar-refractivity contribution in [3.8, 4) is 11.5 Å². The van der Waals surface area contributed by atoms with Crippen molar-refractivity contribution in [1.29, 1.82) is 0 Å². The summed E-state index contributed by atoms with van der Waals surface area (Å²) in [5.41, 5.74) is 0.705. The molecular formula is C18H13ClN2O6. The summed E-state index contributed by atoms with van der Waals surface area (Å²) in [5, 5.41) is 10.9. The molecule has 0 saturated heterocycles. The maximum atomic E-state index is 12.2. The van der Waals surface area contributed by atoms with E-state index in [1.807, 2.05) is 0 Å². The van der Waals surface area contributed by atoms with Gasteiger partial charge in [0.05, 0.1) is 29.7 Å². The summed E-state index contributed by atoms with van der Waals surface area (Å²) in [6.45, 7) is 0. The number of aliphatic imine (C=N–C) groups is 1. The number of carbonyl (C=O) groups is 1. The minimum atomic E-state index is -0.677. The summed E-state index contributed by atoms with van der Waals surface area (Å²) in [6.07, 6.45) is 1.50. The fourth-order valence-corrected chi connectivity index (χ4v) is 2.74. The van der Waals surface area contributed by atoms with E-state index in [2.05, 4.69) is 4.99 Å². The summed E-state index contributed by atoms with van der Waals surface area (Å²) in [6, 6.07) is 8.99. The van der Waals surface area contributed by atoms with E-state index in [0.29, 0.717) is 17.1 Å². The van der Waals surface area contributed by atoms with Crippen LogP contribution in [0.5, 0.6) is 11.5 Å². The first-order chi connectivity index (χ1) is 12.9. The molecule has 1 heterocycles. The topological polar surface area (TPSA) is 100 Å². The molecule has 0 atom stereocenters. The SMILES string of the molecule is COc1cccc(C=C2N=C(c3ccc([N+](=O)[O-])cc3Cl)OC2=O)c1OC. The molecule has 3 rings (SSSR count). The van der Waals surface area contributed by atoms with Crippen molar-refractivity contribution in [2.24, 2.45) is 4.99 Å². The van der Waals surface area contributed by atoms with Crippen LogP contribution in [-0.2, 0) is 9.53 Å². The van der Waals surface area contributed by atoms with Crippen molar-refractivity contribution in [3.05, 3.63) is 68.4 Å². The van der Waals surface area contributed by atoms with Gasteiger partial charge in [0.15, 0.2) is 17.2 Å². The van der Waals surface area contributed by atoms with Crippen LogP contribution in [0.4, 0.5) is 5.69 Å². The molecule has 0 spiro atoms. The number of hydrogen-bond acceptors (Lipinski definition) is 7. The Morgan fingerprint density at radius 1 is 1.22 bits per heavy atom. The molecule has 0 N–H and O–H groups in total. The predicted octanol–water partition coefficient (Wildman–Crippen LogP) is 3.61. The highest BCUT2D eigenvalue weighted by Gasteiger charge is 2.27. The van der Waals surface area contributed by atoms with E-state index in [9.17, 15) is 14.9 Å². The average molecular weight is 389 g/mol. The highest BCUT2D eigenvalue weighted by molar-refractivity contribution is 6.34. The molecular weight excluding hydrogens is 376 g/mol.